The van der Waals surface area contributed by atoms with Gasteiger partial charge in [-0.05, 0) is 56.9 Å². The number of ether oxygens (including phenoxy) is 1. The summed E-state index contributed by atoms with van der Waals surface area (Å²) in [6.07, 6.45) is -1.76. The SMILES string of the molecule is Cc1ccc(N2CCN(C(=S)CO[C@H]3CC[C@H](Nc4ccc([N+](=O)[O-])c(C(F)(F)F)c4)CC3)CC2)cc1. The minimum absolute atomic E-state index is 0.0239. The molecule has 1 N–H and O–H groups in total. The molecule has 11 heteroatoms. The van der Waals surface area contributed by atoms with Gasteiger partial charge in [-0.2, -0.15) is 13.2 Å². The second kappa shape index (κ2) is 11.6. The first-order valence-electron chi connectivity index (χ1n) is 12.4. The maximum Gasteiger partial charge on any atom is 0.423 e. The van der Waals surface area contributed by atoms with Gasteiger partial charge in [0.2, 0.25) is 0 Å². The topological polar surface area (TPSA) is 70.9 Å². The van der Waals surface area contributed by atoms with E-state index in [9.17, 15) is 23.3 Å². The van der Waals surface area contributed by atoms with E-state index in [0.29, 0.717) is 6.61 Å². The molecular formula is C26H31F3N4O3S. The van der Waals surface area contributed by atoms with Crippen molar-refractivity contribution in [1.29, 1.82) is 0 Å². The molecule has 2 aliphatic rings. The Bertz CT molecular complexity index is 1100. The highest BCUT2D eigenvalue weighted by molar-refractivity contribution is 7.80. The molecule has 0 bridgehead atoms. The molecule has 0 atom stereocenters. The van der Waals surface area contributed by atoms with Crippen LogP contribution in [0.15, 0.2) is 42.5 Å². The van der Waals surface area contributed by atoms with E-state index in [4.69, 9.17) is 17.0 Å². The molecule has 2 aromatic rings. The average Bonchev–Trinajstić information content (AvgIpc) is 2.88. The highest BCUT2D eigenvalue weighted by Gasteiger charge is 2.38. The van der Waals surface area contributed by atoms with Crippen molar-refractivity contribution in [2.24, 2.45) is 0 Å². The van der Waals surface area contributed by atoms with Crippen LogP contribution < -0.4 is 10.2 Å². The summed E-state index contributed by atoms with van der Waals surface area (Å²) in [7, 11) is 0. The number of piperazine rings is 1. The first-order valence-corrected chi connectivity index (χ1v) is 12.8. The average molecular weight is 537 g/mol. The van der Waals surface area contributed by atoms with E-state index >= 15 is 0 Å². The van der Waals surface area contributed by atoms with Gasteiger partial charge in [0.15, 0.2) is 0 Å². The fraction of sp³-hybridized carbons (Fsp3) is 0.500. The number of hydrogen-bond acceptors (Lipinski definition) is 6. The summed E-state index contributed by atoms with van der Waals surface area (Å²) >= 11 is 5.63. The molecular weight excluding hydrogens is 505 g/mol. The second-order valence-corrected chi connectivity index (χ2v) is 10.1. The van der Waals surface area contributed by atoms with Gasteiger partial charge in [0.1, 0.15) is 10.6 Å². The van der Waals surface area contributed by atoms with Crippen molar-refractivity contribution in [3.05, 3.63) is 63.7 Å². The van der Waals surface area contributed by atoms with Gasteiger partial charge in [0.25, 0.3) is 5.69 Å². The van der Waals surface area contributed by atoms with E-state index < -0.39 is 22.4 Å². The van der Waals surface area contributed by atoms with Gasteiger partial charge in [0, 0.05) is 49.7 Å². The third kappa shape index (κ3) is 7.10. The van der Waals surface area contributed by atoms with E-state index in [-0.39, 0.29) is 17.8 Å². The van der Waals surface area contributed by atoms with Gasteiger partial charge in [-0.3, -0.25) is 10.1 Å². The number of nitro benzene ring substituents is 1. The summed E-state index contributed by atoms with van der Waals surface area (Å²) in [6, 6.07) is 11.6. The lowest BCUT2D eigenvalue weighted by atomic mass is 9.92. The Kier molecular flexibility index (Phi) is 8.53. The fourth-order valence-electron chi connectivity index (χ4n) is 4.87. The molecule has 4 rings (SSSR count). The first-order chi connectivity index (χ1) is 17.6. The fourth-order valence-corrected chi connectivity index (χ4v) is 5.12. The molecule has 200 valence electrons. The Balaban J connectivity index is 1.20. The zero-order valence-corrected chi connectivity index (χ0v) is 21.5. The second-order valence-electron chi connectivity index (χ2n) is 9.62. The Morgan fingerprint density at radius 1 is 1.08 bits per heavy atom. The molecule has 0 spiro atoms. The number of thiocarbonyl (C=S) groups is 1. The van der Waals surface area contributed by atoms with Gasteiger partial charge >= 0.3 is 6.18 Å². The molecule has 1 aliphatic heterocycles. The number of nitrogens with one attached hydrogen (secondary N) is 1. The van der Waals surface area contributed by atoms with Gasteiger partial charge < -0.3 is 19.9 Å². The molecule has 1 heterocycles. The monoisotopic (exact) mass is 536 g/mol. The minimum atomic E-state index is -4.79. The van der Waals surface area contributed by atoms with Crippen LogP contribution in [0.2, 0.25) is 0 Å². The molecule has 0 amide bonds. The van der Waals surface area contributed by atoms with E-state index in [1.54, 1.807) is 0 Å². The van der Waals surface area contributed by atoms with E-state index in [1.165, 1.54) is 17.3 Å². The van der Waals surface area contributed by atoms with Gasteiger partial charge in [-0.1, -0.05) is 29.9 Å². The molecule has 0 unspecified atom stereocenters. The van der Waals surface area contributed by atoms with E-state index in [1.807, 2.05) is 0 Å². The highest BCUT2D eigenvalue weighted by atomic mass is 32.1. The van der Waals surface area contributed by atoms with Crippen LogP contribution in [0.5, 0.6) is 0 Å². The van der Waals surface area contributed by atoms with Crippen LogP contribution in [-0.2, 0) is 10.9 Å². The number of benzene rings is 2. The standard InChI is InChI=1S/C26H31F3N4O3S/c1-18-2-7-21(8-3-18)31-12-14-32(15-13-31)25(37)17-36-22-9-4-19(5-10-22)30-20-6-11-24(33(34)35)23(16-20)26(27,28)29/h2-3,6-8,11,16,19,22,30H,4-5,9-10,12-15,17H2,1H3/t19-,22-. The number of hydrogen-bond donors (Lipinski definition) is 1. The van der Waals surface area contributed by atoms with Crippen molar-refractivity contribution in [2.45, 2.75) is 50.9 Å². The summed E-state index contributed by atoms with van der Waals surface area (Å²) in [4.78, 5) is 15.3. The van der Waals surface area contributed by atoms with Crippen molar-refractivity contribution in [3.63, 3.8) is 0 Å². The lowest BCUT2D eigenvalue weighted by Crippen LogP contribution is -2.49. The van der Waals surface area contributed by atoms with Crippen LogP contribution in [-0.4, -0.2) is 59.7 Å². The normalized spacial score (nSPS) is 20.5. The van der Waals surface area contributed by atoms with Gasteiger partial charge in [0.05, 0.1) is 17.6 Å². The van der Waals surface area contributed by atoms with Crippen molar-refractivity contribution in [1.82, 2.24) is 4.90 Å². The van der Waals surface area contributed by atoms with Crippen LogP contribution >= 0.6 is 12.2 Å². The Labute approximate surface area is 219 Å². The number of nitro groups is 1. The van der Waals surface area contributed by atoms with Crippen molar-refractivity contribution in [3.8, 4) is 0 Å². The molecule has 1 aliphatic carbocycles. The smallest absolute Gasteiger partial charge is 0.382 e. The highest BCUT2D eigenvalue weighted by Crippen LogP contribution is 2.38. The minimum Gasteiger partial charge on any atom is -0.382 e. The molecule has 0 radical (unpaired) electrons. The summed E-state index contributed by atoms with van der Waals surface area (Å²) in [5.74, 6) is 0. The number of halogens is 3. The maximum atomic E-state index is 13.2. The number of aryl methyl sites for hydroxylation is 1. The summed E-state index contributed by atoms with van der Waals surface area (Å²) in [5, 5.41) is 14.1. The number of anilines is 2. The molecule has 7 nitrogen and oxygen atoms in total. The lowest BCUT2D eigenvalue weighted by Gasteiger charge is -2.38. The van der Waals surface area contributed by atoms with Gasteiger partial charge in [-0.15, -0.1) is 0 Å². The Hall–Kier alpha value is -2.92. The molecule has 1 saturated heterocycles. The Morgan fingerprint density at radius 3 is 2.32 bits per heavy atom. The summed E-state index contributed by atoms with van der Waals surface area (Å²) < 4.78 is 45.8. The molecule has 2 fully saturated rings. The zero-order valence-electron chi connectivity index (χ0n) is 20.7. The van der Waals surface area contributed by atoms with Crippen molar-refractivity contribution >= 4 is 34.3 Å². The summed E-state index contributed by atoms with van der Waals surface area (Å²) in [6.45, 7) is 5.97. The third-order valence-electron chi connectivity index (χ3n) is 7.02. The maximum absolute atomic E-state index is 13.2. The third-order valence-corrected chi connectivity index (χ3v) is 7.39. The molecule has 2 aromatic carbocycles. The number of alkyl halides is 3. The van der Waals surface area contributed by atoms with Crippen LogP contribution in [0.4, 0.5) is 30.2 Å². The molecule has 37 heavy (non-hydrogen) atoms. The quantitative estimate of drug-likeness (QED) is 0.272. The predicted molar refractivity (Wildman–Crippen MR) is 141 cm³/mol. The largest absolute Gasteiger partial charge is 0.423 e. The number of nitrogens with zero attached hydrogens (tertiary/aromatic N) is 3. The summed E-state index contributed by atoms with van der Waals surface area (Å²) in [5.41, 5.74) is 0.511. The van der Waals surface area contributed by atoms with Crippen molar-refractivity contribution < 1.29 is 22.8 Å². The van der Waals surface area contributed by atoms with E-state index in [2.05, 4.69) is 46.3 Å². The molecule has 0 aromatic heterocycles. The van der Waals surface area contributed by atoms with Crippen molar-refractivity contribution in [2.75, 3.05) is 43.0 Å². The number of rotatable bonds is 7. The van der Waals surface area contributed by atoms with Crippen LogP contribution in [0.1, 0.15) is 36.8 Å². The Morgan fingerprint density at radius 2 is 1.73 bits per heavy atom. The van der Waals surface area contributed by atoms with Gasteiger partial charge in [-0.25, -0.2) is 0 Å². The van der Waals surface area contributed by atoms with Crippen LogP contribution in [0.25, 0.3) is 0 Å². The predicted octanol–water partition coefficient (Wildman–Crippen LogP) is 5.81. The first kappa shape index (κ1) is 27.1. The lowest BCUT2D eigenvalue weighted by molar-refractivity contribution is -0.388. The zero-order chi connectivity index (χ0) is 26.6. The van der Waals surface area contributed by atoms with Crippen LogP contribution in [0.3, 0.4) is 0 Å². The van der Waals surface area contributed by atoms with Crippen LogP contribution in [0, 0.1) is 17.0 Å². The van der Waals surface area contributed by atoms with E-state index in [0.717, 1.165) is 69.0 Å². The molecule has 1 saturated carbocycles.